The molecule has 3 heterocycles. The first-order valence-electron chi connectivity index (χ1n) is 9.49. The molecular weight excluding hydrogens is 472 g/mol. The lowest BCUT2D eigenvalue weighted by molar-refractivity contribution is -0.117. The predicted octanol–water partition coefficient (Wildman–Crippen LogP) is 3.23. The molecule has 0 radical (unpaired) electrons. The van der Waals surface area contributed by atoms with E-state index in [1.54, 1.807) is 0 Å². The van der Waals surface area contributed by atoms with Gasteiger partial charge in [0.15, 0.2) is 21.4 Å². The fourth-order valence-electron chi connectivity index (χ4n) is 3.14. The van der Waals surface area contributed by atoms with Crippen molar-refractivity contribution in [1.29, 1.82) is 0 Å². The van der Waals surface area contributed by atoms with E-state index in [1.807, 2.05) is 31.2 Å². The summed E-state index contributed by atoms with van der Waals surface area (Å²) in [5, 5.41) is 5.55. The van der Waals surface area contributed by atoms with Crippen LogP contribution in [0.15, 0.2) is 58.1 Å². The normalized spacial score (nSPS) is 14.0. The quantitative estimate of drug-likeness (QED) is 0.505. The van der Waals surface area contributed by atoms with Crippen LogP contribution in [0.2, 0.25) is 4.34 Å². The first kappa shape index (κ1) is 22.3. The molecule has 32 heavy (non-hydrogen) atoms. The SMILES string of the molecule is Cc1cccc(C2=NN(c3cnc(CC(=O)CS(=O)(=O)c4ccc(Cl)s4)cn3)C(=O)C2)c1. The summed E-state index contributed by atoms with van der Waals surface area (Å²) in [4.78, 5) is 33.0. The van der Waals surface area contributed by atoms with Crippen LogP contribution in [0.25, 0.3) is 0 Å². The fourth-order valence-corrected chi connectivity index (χ4v) is 5.95. The molecule has 0 aliphatic carbocycles. The Bertz CT molecular complexity index is 1330. The predicted molar refractivity (Wildman–Crippen MR) is 122 cm³/mol. The van der Waals surface area contributed by atoms with Crippen LogP contribution in [0.3, 0.4) is 0 Å². The van der Waals surface area contributed by atoms with Gasteiger partial charge in [0.1, 0.15) is 9.96 Å². The molecule has 164 valence electrons. The number of sulfone groups is 1. The number of carbonyl (C=O) groups is 2. The fraction of sp³-hybridized carbons (Fsp3) is 0.190. The monoisotopic (exact) mass is 488 g/mol. The first-order chi connectivity index (χ1) is 15.2. The van der Waals surface area contributed by atoms with Gasteiger partial charge in [-0.25, -0.2) is 13.4 Å². The summed E-state index contributed by atoms with van der Waals surface area (Å²) in [5.74, 6) is -1.18. The molecule has 1 aromatic carbocycles. The van der Waals surface area contributed by atoms with E-state index >= 15 is 0 Å². The standard InChI is InChI=1S/C21H17ClN4O4S2/c1-13-3-2-4-14(7-13)17-9-20(28)26(25-17)19-11-23-15(10-24-19)8-16(27)12-32(29,30)21-6-5-18(22)31-21/h2-7,10-11H,8-9,12H2,1H3. The summed E-state index contributed by atoms with van der Waals surface area (Å²) in [5.41, 5.74) is 2.87. The number of Topliss-reactive ketones (excluding diaryl/α,β-unsaturated/α-hetero) is 1. The van der Waals surface area contributed by atoms with E-state index < -0.39 is 21.4 Å². The Morgan fingerprint density at radius 2 is 2.00 bits per heavy atom. The van der Waals surface area contributed by atoms with Crippen LogP contribution in [-0.4, -0.2) is 41.5 Å². The van der Waals surface area contributed by atoms with E-state index in [-0.39, 0.29) is 28.8 Å². The maximum Gasteiger partial charge on any atom is 0.254 e. The molecule has 0 spiro atoms. The van der Waals surface area contributed by atoms with Crippen molar-refractivity contribution in [1.82, 2.24) is 9.97 Å². The third kappa shape index (κ3) is 4.93. The first-order valence-corrected chi connectivity index (χ1v) is 12.3. The summed E-state index contributed by atoms with van der Waals surface area (Å²) < 4.78 is 25.0. The lowest BCUT2D eigenvalue weighted by Gasteiger charge is -2.10. The van der Waals surface area contributed by atoms with Gasteiger partial charge in [0, 0.05) is 0 Å². The molecule has 11 heteroatoms. The van der Waals surface area contributed by atoms with Gasteiger partial charge in [0.05, 0.1) is 41.0 Å². The van der Waals surface area contributed by atoms with Gasteiger partial charge in [-0.15, -0.1) is 11.3 Å². The van der Waals surface area contributed by atoms with E-state index in [9.17, 15) is 18.0 Å². The number of ketones is 1. The van der Waals surface area contributed by atoms with Gasteiger partial charge >= 0.3 is 0 Å². The molecule has 0 saturated carbocycles. The largest absolute Gasteiger partial charge is 0.298 e. The molecule has 0 unspecified atom stereocenters. The van der Waals surface area contributed by atoms with Crippen molar-refractivity contribution in [2.45, 2.75) is 24.0 Å². The molecule has 1 aliphatic heterocycles. The van der Waals surface area contributed by atoms with Gasteiger partial charge in [-0.05, 0) is 24.6 Å². The Morgan fingerprint density at radius 1 is 1.19 bits per heavy atom. The van der Waals surface area contributed by atoms with Gasteiger partial charge in [-0.3, -0.25) is 14.6 Å². The van der Waals surface area contributed by atoms with Crippen molar-refractivity contribution in [2.24, 2.45) is 5.10 Å². The zero-order valence-electron chi connectivity index (χ0n) is 16.9. The van der Waals surface area contributed by atoms with E-state index in [0.29, 0.717) is 15.7 Å². The maximum atomic E-state index is 12.4. The number of aryl methyl sites for hydroxylation is 1. The second kappa shape index (κ2) is 8.89. The topological polar surface area (TPSA) is 110 Å². The summed E-state index contributed by atoms with van der Waals surface area (Å²) >= 11 is 6.68. The third-order valence-electron chi connectivity index (χ3n) is 4.62. The molecule has 1 amide bonds. The van der Waals surface area contributed by atoms with Crippen LogP contribution in [0, 0.1) is 6.92 Å². The number of amides is 1. The lowest BCUT2D eigenvalue weighted by atomic mass is 10.1. The number of nitrogens with zero attached hydrogens (tertiary/aromatic N) is 4. The van der Waals surface area contributed by atoms with Crippen molar-refractivity contribution in [2.75, 3.05) is 10.8 Å². The average Bonchev–Trinajstić information content (AvgIpc) is 3.34. The van der Waals surface area contributed by atoms with E-state index in [1.165, 1.54) is 29.5 Å². The highest BCUT2D eigenvalue weighted by Gasteiger charge is 2.27. The van der Waals surface area contributed by atoms with Crippen molar-refractivity contribution < 1.29 is 18.0 Å². The number of hydrogen-bond acceptors (Lipinski definition) is 8. The van der Waals surface area contributed by atoms with Gasteiger partial charge < -0.3 is 0 Å². The second-order valence-corrected chi connectivity index (χ2v) is 11.1. The molecule has 0 atom stereocenters. The van der Waals surface area contributed by atoms with Gasteiger partial charge in [0.2, 0.25) is 0 Å². The van der Waals surface area contributed by atoms with Gasteiger partial charge in [0.25, 0.3) is 5.91 Å². The van der Waals surface area contributed by atoms with Gasteiger partial charge in [-0.1, -0.05) is 41.4 Å². The smallest absolute Gasteiger partial charge is 0.254 e. The Balaban J connectivity index is 1.44. The number of hydrazone groups is 1. The highest BCUT2D eigenvalue weighted by atomic mass is 35.5. The Morgan fingerprint density at radius 3 is 2.66 bits per heavy atom. The van der Waals surface area contributed by atoms with E-state index in [4.69, 9.17) is 11.6 Å². The van der Waals surface area contributed by atoms with Crippen LogP contribution in [0.4, 0.5) is 5.82 Å². The number of carbonyl (C=O) groups excluding carboxylic acids is 2. The second-order valence-electron chi connectivity index (χ2n) is 7.20. The molecule has 3 aromatic rings. The lowest BCUT2D eigenvalue weighted by Crippen LogP contribution is -2.21. The number of halogens is 1. The molecule has 2 aromatic heterocycles. The highest BCUT2D eigenvalue weighted by Crippen LogP contribution is 2.26. The summed E-state index contributed by atoms with van der Waals surface area (Å²) in [7, 11) is -3.76. The molecule has 0 fully saturated rings. The minimum atomic E-state index is -3.76. The Kier molecular flexibility index (Phi) is 6.18. The number of aromatic nitrogens is 2. The molecular formula is C21H17ClN4O4S2. The van der Waals surface area contributed by atoms with E-state index in [0.717, 1.165) is 22.5 Å². The molecule has 0 N–H and O–H groups in total. The minimum Gasteiger partial charge on any atom is -0.298 e. The van der Waals surface area contributed by atoms with Crippen LogP contribution < -0.4 is 5.01 Å². The van der Waals surface area contributed by atoms with Crippen molar-refractivity contribution in [3.8, 4) is 0 Å². The zero-order chi connectivity index (χ0) is 22.9. The highest BCUT2D eigenvalue weighted by molar-refractivity contribution is 7.94. The summed E-state index contributed by atoms with van der Waals surface area (Å²) in [6, 6.07) is 10.6. The third-order valence-corrected chi connectivity index (χ3v) is 8.11. The van der Waals surface area contributed by atoms with Crippen molar-refractivity contribution in [3.05, 3.63) is 69.9 Å². The number of hydrogen-bond donors (Lipinski definition) is 0. The minimum absolute atomic E-state index is 0.0482. The molecule has 4 rings (SSSR count). The maximum absolute atomic E-state index is 12.4. The van der Waals surface area contributed by atoms with Crippen molar-refractivity contribution >= 4 is 56.0 Å². The Hall–Kier alpha value is -2.95. The van der Waals surface area contributed by atoms with Gasteiger partial charge in [-0.2, -0.15) is 10.1 Å². The van der Waals surface area contributed by atoms with Crippen molar-refractivity contribution in [3.63, 3.8) is 0 Å². The Labute approximate surface area is 193 Å². The average molecular weight is 489 g/mol. The number of anilines is 1. The molecule has 0 bridgehead atoms. The zero-order valence-corrected chi connectivity index (χ0v) is 19.2. The number of thiophene rings is 1. The van der Waals surface area contributed by atoms with Crippen LogP contribution >= 0.6 is 22.9 Å². The number of rotatable bonds is 7. The van der Waals surface area contributed by atoms with Crippen LogP contribution in [0.5, 0.6) is 0 Å². The summed E-state index contributed by atoms with van der Waals surface area (Å²) in [6.45, 7) is 1.96. The molecule has 0 saturated heterocycles. The number of benzene rings is 1. The molecule has 8 nitrogen and oxygen atoms in total. The van der Waals surface area contributed by atoms with Crippen LogP contribution in [-0.2, 0) is 25.8 Å². The van der Waals surface area contributed by atoms with E-state index in [2.05, 4.69) is 15.1 Å². The van der Waals surface area contributed by atoms with Crippen LogP contribution in [0.1, 0.15) is 23.2 Å². The molecule has 1 aliphatic rings. The summed E-state index contributed by atoms with van der Waals surface area (Å²) in [6.07, 6.45) is 2.64.